The maximum absolute atomic E-state index is 13.0. The summed E-state index contributed by atoms with van der Waals surface area (Å²) < 4.78 is 0. The van der Waals surface area contributed by atoms with Gasteiger partial charge in [-0.3, -0.25) is 9.59 Å². The van der Waals surface area contributed by atoms with Crippen molar-refractivity contribution in [2.45, 2.75) is 18.5 Å². The largest absolute Gasteiger partial charge is 0.345 e. The number of H-pyrrole nitrogens is 1. The highest BCUT2D eigenvalue weighted by molar-refractivity contribution is 5.99. The van der Waals surface area contributed by atoms with Gasteiger partial charge in [-0.25, -0.2) is 4.98 Å². The number of fused-ring (bicyclic) bond motifs is 2. The van der Waals surface area contributed by atoms with Crippen LogP contribution in [0.25, 0.3) is 11.0 Å². The summed E-state index contributed by atoms with van der Waals surface area (Å²) in [6.07, 6.45) is 0.159. The number of nitrogens with zero attached hydrogens (tertiary/aromatic N) is 1. The number of imidazole rings is 1. The van der Waals surface area contributed by atoms with Crippen LogP contribution >= 0.6 is 0 Å². The Morgan fingerprint density at radius 2 is 1.70 bits per heavy atom. The molecule has 0 saturated carbocycles. The van der Waals surface area contributed by atoms with E-state index in [0.29, 0.717) is 11.4 Å². The van der Waals surface area contributed by atoms with Crippen LogP contribution in [0.3, 0.4) is 0 Å². The van der Waals surface area contributed by atoms with Crippen LogP contribution < -0.4 is 10.6 Å². The van der Waals surface area contributed by atoms with E-state index < -0.39 is 6.04 Å². The van der Waals surface area contributed by atoms with Crippen LogP contribution in [-0.4, -0.2) is 21.8 Å². The smallest absolute Gasteiger partial charge is 0.252 e. The van der Waals surface area contributed by atoms with Gasteiger partial charge in [0, 0.05) is 5.56 Å². The average molecular weight is 396 g/mol. The predicted octanol–water partition coefficient (Wildman–Crippen LogP) is 3.64. The second kappa shape index (κ2) is 7.48. The summed E-state index contributed by atoms with van der Waals surface area (Å²) in [5.41, 5.74) is 4.19. The van der Waals surface area contributed by atoms with E-state index in [1.807, 2.05) is 72.8 Å². The van der Waals surface area contributed by atoms with Gasteiger partial charge in [0.1, 0.15) is 11.9 Å². The first-order valence-electron chi connectivity index (χ1n) is 9.88. The SMILES string of the molecule is O=C(CC1NC(=O)c2ccccc21)NC(c1ccccc1)c1nc2ccccc2[nH]1. The number of amides is 2. The van der Waals surface area contributed by atoms with Gasteiger partial charge in [-0.2, -0.15) is 0 Å². The zero-order chi connectivity index (χ0) is 20.5. The van der Waals surface area contributed by atoms with Crippen LogP contribution in [0.15, 0.2) is 78.9 Å². The molecule has 30 heavy (non-hydrogen) atoms. The van der Waals surface area contributed by atoms with Crippen LogP contribution in [0.4, 0.5) is 0 Å². The number of hydrogen-bond donors (Lipinski definition) is 3. The van der Waals surface area contributed by atoms with E-state index in [0.717, 1.165) is 22.2 Å². The lowest BCUT2D eigenvalue weighted by molar-refractivity contribution is -0.122. The molecule has 1 aliphatic heterocycles. The molecule has 6 heteroatoms. The summed E-state index contributed by atoms with van der Waals surface area (Å²) in [6, 6.07) is 24.1. The predicted molar refractivity (Wildman–Crippen MR) is 114 cm³/mol. The van der Waals surface area contributed by atoms with Crippen molar-refractivity contribution >= 4 is 22.8 Å². The lowest BCUT2D eigenvalue weighted by Gasteiger charge is -2.19. The van der Waals surface area contributed by atoms with Gasteiger partial charge < -0.3 is 15.6 Å². The molecule has 0 spiro atoms. The van der Waals surface area contributed by atoms with E-state index in [9.17, 15) is 9.59 Å². The fourth-order valence-corrected chi connectivity index (χ4v) is 3.95. The number of aromatic amines is 1. The van der Waals surface area contributed by atoms with Crippen molar-refractivity contribution in [3.63, 3.8) is 0 Å². The van der Waals surface area contributed by atoms with Gasteiger partial charge in [-0.05, 0) is 29.3 Å². The lowest BCUT2D eigenvalue weighted by Crippen LogP contribution is -2.33. The Morgan fingerprint density at radius 1 is 0.967 bits per heavy atom. The van der Waals surface area contributed by atoms with Crippen molar-refractivity contribution in [2.75, 3.05) is 0 Å². The summed E-state index contributed by atoms with van der Waals surface area (Å²) >= 11 is 0. The lowest BCUT2D eigenvalue weighted by atomic mass is 10.0. The first-order valence-corrected chi connectivity index (χ1v) is 9.88. The molecule has 0 aliphatic carbocycles. The average Bonchev–Trinajstić information content (AvgIpc) is 3.34. The minimum Gasteiger partial charge on any atom is -0.345 e. The Labute approximate surface area is 173 Å². The highest BCUT2D eigenvalue weighted by Crippen LogP contribution is 2.28. The van der Waals surface area contributed by atoms with E-state index in [-0.39, 0.29) is 24.3 Å². The molecule has 5 rings (SSSR count). The molecule has 2 unspecified atom stereocenters. The molecule has 0 saturated heterocycles. The highest BCUT2D eigenvalue weighted by atomic mass is 16.2. The minimum atomic E-state index is -0.418. The molecule has 0 radical (unpaired) electrons. The number of carbonyl (C=O) groups excluding carboxylic acids is 2. The second-order valence-corrected chi connectivity index (χ2v) is 7.37. The van der Waals surface area contributed by atoms with Crippen LogP contribution in [0, 0.1) is 0 Å². The molecule has 2 heterocycles. The molecular weight excluding hydrogens is 376 g/mol. The molecule has 1 aliphatic rings. The van der Waals surface area contributed by atoms with Gasteiger partial charge in [0.15, 0.2) is 0 Å². The molecule has 3 aromatic carbocycles. The third kappa shape index (κ3) is 3.33. The van der Waals surface area contributed by atoms with Crippen LogP contribution in [0.5, 0.6) is 0 Å². The van der Waals surface area contributed by atoms with Crippen molar-refractivity contribution in [2.24, 2.45) is 0 Å². The van der Waals surface area contributed by atoms with E-state index >= 15 is 0 Å². The molecule has 0 fully saturated rings. The zero-order valence-corrected chi connectivity index (χ0v) is 16.1. The van der Waals surface area contributed by atoms with Crippen LogP contribution in [-0.2, 0) is 4.79 Å². The summed E-state index contributed by atoms with van der Waals surface area (Å²) in [7, 11) is 0. The Balaban J connectivity index is 1.42. The van der Waals surface area contributed by atoms with Gasteiger partial charge >= 0.3 is 0 Å². The molecule has 6 nitrogen and oxygen atoms in total. The minimum absolute atomic E-state index is 0.139. The topological polar surface area (TPSA) is 86.9 Å². The van der Waals surface area contributed by atoms with Gasteiger partial charge in [0.2, 0.25) is 5.91 Å². The number of rotatable bonds is 5. The molecule has 4 aromatic rings. The second-order valence-electron chi connectivity index (χ2n) is 7.37. The Bertz CT molecular complexity index is 1200. The van der Waals surface area contributed by atoms with Crippen LogP contribution in [0.1, 0.15) is 45.8 Å². The van der Waals surface area contributed by atoms with E-state index in [1.165, 1.54) is 0 Å². The van der Waals surface area contributed by atoms with Crippen molar-refractivity contribution in [1.82, 2.24) is 20.6 Å². The van der Waals surface area contributed by atoms with E-state index in [4.69, 9.17) is 0 Å². The quantitative estimate of drug-likeness (QED) is 0.481. The Kier molecular flexibility index (Phi) is 4.52. The number of aromatic nitrogens is 2. The van der Waals surface area contributed by atoms with Gasteiger partial charge in [-0.1, -0.05) is 60.7 Å². The highest BCUT2D eigenvalue weighted by Gasteiger charge is 2.30. The molecule has 2 atom stereocenters. The van der Waals surface area contributed by atoms with E-state index in [1.54, 1.807) is 6.07 Å². The number of nitrogens with one attached hydrogen (secondary N) is 3. The van der Waals surface area contributed by atoms with Gasteiger partial charge in [0.05, 0.1) is 23.5 Å². The summed E-state index contributed by atoms with van der Waals surface area (Å²) in [6.45, 7) is 0. The number of carbonyl (C=O) groups is 2. The van der Waals surface area contributed by atoms with Crippen molar-refractivity contribution in [3.05, 3.63) is 101 Å². The molecular formula is C24H20N4O2. The van der Waals surface area contributed by atoms with Crippen molar-refractivity contribution < 1.29 is 9.59 Å². The van der Waals surface area contributed by atoms with Crippen molar-refractivity contribution in [3.8, 4) is 0 Å². The molecule has 2 amide bonds. The number of benzene rings is 3. The van der Waals surface area contributed by atoms with Crippen LogP contribution in [0.2, 0.25) is 0 Å². The van der Waals surface area contributed by atoms with Gasteiger partial charge in [-0.15, -0.1) is 0 Å². The summed E-state index contributed by atoms with van der Waals surface area (Å²) in [5.74, 6) is 0.373. The summed E-state index contributed by atoms with van der Waals surface area (Å²) in [4.78, 5) is 33.2. The first-order chi connectivity index (χ1) is 14.7. The monoisotopic (exact) mass is 396 g/mol. The van der Waals surface area contributed by atoms with Gasteiger partial charge in [0.25, 0.3) is 5.91 Å². The fourth-order valence-electron chi connectivity index (χ4n) is 3.95. The Hall–Kier alpha value is -3.93. The molecule has 0 bridgehead atoms. The maximum Gasteiger partial charge on any atom is 0.252 e. The number of hydrogen-bond acceptors (Lipinski definition) is 3. The van der Waals surface area contributed by atoms with E-state index in [2.05, 4.69) is 20.6 Å². The van der Waals surface area contributed by atoms with Crippen molar-refractivity contribution in [1.29, 1.82) is 0 Å². The first kappa shape index (κ1) is 18.1. The molecule has 3 N–H and O–H groups in total. The Morgan fingerprint density at radius 3 is 2.53 bits per heavy atom. The maximum atomic E-state index is 13.0. The third-order valence-corrected chi connectivity index (χ3v) is 5.40. The zero-order valence-electron chi connectivity index (χ0n) is 16.1. The summed E-state index contributed by atoms with van der Waals surface area (Å²) in [5, 5.41) is 6.00. The number of para-hydroxylation sites is 2. The molecule has 1 aromatic heterocycles. The normalized spacial score (nSPS) is 16.1. The molecule has 148 valence electrons. The standard InChI is InChI=1S/C24H20N4O2/c29-21(14-20-16-10-4-5-11-17(16)24(30)27-20)28-22(15-8-2-1-3-9-15)23-25-18-12-6-7-13-19(18)26-23/h1-13,20,22H,14H2,(H,25,26)(H,27,30)(H,28,29). The fraction of sp³-hybridized carbons (Fsp3) is 0.125. The third-order valence-electron chi connectivity index (χ3n) is 5.40.